The molecule has 1 aromatic carbocycles. The molecular formula is C6H4INO2S. The van der Waals surface area contributed by atoms with E-state index in [4.69, 9.17) is 0 Å². The summed E-state index contributed by atoms with van der Waals surface area (Å²) in [4.78, 5) is 10.7. The number of hydrogen-bond donors (Lipinski definition) is 0. The maximum absolute atomic E-state index is 10.4. The van der Waals surface area contributed by atoms with Gasteiger partial charge in [0.15, 0.2) is 0 Å². The van der Waals surface area contributed by atoms with Crippen molar-refractivity contribution in [3.05, 3.63) is 34.4 Å². The molecule has 0 saturated heterocycles. The molecule has 0 radical (unpaired) electrons. The second-order valence-electron chi connectivity index (χ2n) is 1.80. The summed E-state index contributed by atoms with van der Waals surface area (Å²) in [7, 11) is 1.35. The van der Waals surface area contributed by atoms with Crippen LogP contribution in [-0.4, -0.2) is 4.92 Å². The smallest absolute Gasteiger partial charge is 0.258 e. The summed E-state index contributed by atoms with van der Waals surface area (Å²) in [6, 6.07) is 6.68. The molecule has 0 unspecified atom stereocenters. The third-order valence-corrected chi connectivity index (χ3v) is 3.08. The van der Waals surface area contributed by atoms with Crippen molar-refractivity contribution in [3.63, 3.8) is 0 Å². The molecule has 0 spiro atoms. The summed E-state index contributed by atoms with van der Waals surface area (Å²) in [6.07, 6.45) is 0. The van der Waals surface area contributed by atoms with Gasteiger partial charge in [0.05, 0.1) is 9.82 Å². The van der Waals surface area contributed by atoms with E-state index in [1.807, 2.05) is 21.2 Å². The zero-order chi connectivity index (χ0) is 8.27. The van der Waals surface area contributed by atoms with E-state index in [9.17, 15) is 10.1 Å². The zero-order valence-corrected chi connectivity index (χ0v) is 8.33. The Balaban J connectivity index is 3.12. The van der Waals surface area contributed by atoms with Gasteiger partial charge < -0.3 is 0 Å². The number of para-hydroxylation sites is 1. The summed E-state index contributed by atoms with van der Waals surface area (Å²) < 4.78 is 0. The van der Waals surface area contributed by atoms with Gasteiger partial charge in [0.2, 0.25) is 0 Å². The van der Waals surface area contributed by atoms with Gasteiger partial charge in [0.25, 0.3) is 5.69 Å². The standard InChI is InChI=1S/C6H4INO2S/c7-11-6-4-2-1-3-5(6)8(9)10/h1-4H. The third kappa shape index (κ3) is 2.06. The second kappa shape index (κ2) is 3.91. The lowest BCUT2D eigenvalue weighted by atomic mass is 10.3. The highest BCUT2D eigenvalue weighted by Gasteiger charge is 2.10. The van der Waals surface area contributed by atoms with Crippen LogP contribution in [0.5, 0.6) is 0 Å². The predicted octanol–water partition coefficient (Wildman–Crippen LogP) is 3.04. The molecule has 3 nitrogen and oxygen atoms in total. The van der Waals surface area contributed by atoms with Crippen LogP contribution in [0.15, 0.2) is 29.2 Å². The Kier molecular flexibility index (Phi) is 3.13. The summed E-state index contributed by atoms with van der Waals surface area (Å²) in [5.74, 6) is 0. The largest absolute Gasteiger partial charge is 0.283 e. The van der Waals surface area contributed by atoms with E-state index in [-0.39, 0.29) is 10.6 Å². The van der Waals surface area contributed by atoms with Gasteiger partial charge in [0, 0.05) is 27.3 Å². The van der Waals surface area contributed by atoms with Gasteiger partial charge in [0.1, 0.15) is 0 Å². The minimum absolute atomic E-state index is 0.173. The molecular weight excluding hydrogens is 277 g/mol. The van der Waals surface area contributed by atoms with Crippen LogP contribution in [0.3, 0.4) is 0 Å². The van der Waals surface area contributed by atoms with Gasteiger partial charge in [-0.1, -0.05) is 12.1 Å². The maximum Gasteiger partial charge on any atom is 0.283 e. The van der Waals surface area contributed by atoms with E-state index in [1.54, 1.807) is 18.2 Å². The number of halogens is 1. The average Bonchev–Trinajstić information content (AvgIpc) is 2.04. The highest BCUT2D eigenvalue weighted by atomic mass is 127. The number of hydrogen-bond acceptors (Lipinski definition) is 3. The van der Waals surface area contributed by atoms with Crippen LogP contribution in [0.1, 0.15) is 0 Å². The zero-order valence-electron chi connectivity index (χ0n) is 5.36. The third-order valence-electron chi connectivity index (χ3n) is 1.15. The lowest BCUT2D eigenvalue weighted by Gasteiger charge is -1.94. The van der Waals surface area contributed by atoms with E-state index in [2.05, 4.69) is 0 Å². The molecule has 0 heterocycles. The van der Waals surface area contributed by atoms with Crippen molar-refractivity contribution >= 4 is 35.8 Å². The number of nitrogens with zero attached hydrogens (tertiary/aromatic N) is 1. The van der Waals surface area contributed by atoms with Crippen LogP contribution >= 0.6 is 30.1 Å². The molecule has 0 aliphatic rings. The summed E-state index contributed by atoms with van der Waals surface area (Å²) >= 11 is 2.02. The second-order valence-corrected chi connectivity index (χ2v) is 3.72. The van der Waals surface area contributed by atoms with E-state index in [0.717, 1.165) is 0 Å². The molecule has 0 saturated carbocycles. The van der Waals surface area contributed by atoms with Gasteiger partial charge in [-0.15, -0.1) is 0 Å². The van der Waals surface area contributed by atoms with Crippen LogP contribution < -0.4 is 0 Å². The molecule has 58 valence electrons. The fourth-order valence-electron chi connectivity index (χ4n) is 0.673. The predicted molar refractivity (Wildman–Crippen MR) is 53.0 cm³/mol. The summed E-state index contributed by atoms with van der Waals surface area (Å²) in [6.45, 7) is 0. The molecule has 0 amide bonds. The molecule has 1 rings (SSSR count). The maximum atomic E-state index is 10.4. The van der Waals surface area contributed by atoms with E-state index in [0.29, 0.717) is 4.90 Å². The average molecular weight is 281 g/mol. The van der Waals surface area contributed by atoms with E-state index in [1.165, 1.54) is 15.0 Å². The highest BCUT2D eigenvalue weighted by molar-refractivity contribution is 14.2. The van der Waals surface area contributed by atoms with Crippen molar-refractivity contribution in [3.8, 4) is 0 Å². The molecule has 0 fully saturated rings. The molecule has 0 aliphatic carbocycles. The Bertz CT molecular complexity index is 279. The number of nitro benzene ring substituents is 1. The molecule has 0 aromatic heterocycles. The minimum Gasteiger partial charge on any atom is -0.258 e. The monoisotopic (exact) mass is 281 g/mol. The van der Waals surface area contributed by atoms with Crippen molar-refractivity contribution in [2.24, 2.45) is 0 Å². The van der Waals surface area contributed by atoms with Crippen molar-refractivity contribution in [2.75, 3.05) is 0 Å². The Labute approximate surface area is 79.9 Å². The molecule has 0 bridgehead atoms. The van der Waals surface area contributed by atoms with Crippen LogP contribution in [0, 0.1) is 10.1 Å². The first-order valence-corrected chi connectivity index (χ1v) is 6.13. The van der Waals surface area contributed by atoms with Crippen LogP contribution in [0.25, 0.3) is 0 Å². The Hall–Kier alpha value is -0.300. The van der Waals surface area contributed by atoms with Gasteiger partial charge in [-0.3, -0.25) is 10.1 Å². The van der Waals surface area contributed by atoms with Crippen molar-refractivity contribution in [1.82, 2.24) is 0 Å². The molecule has 11 heavy (non-hydrogen) atoms. The van der Waals surface area contributed by atoms with E-state index < -0.39 is 0 Å². The van der Waals surface area contributed by atoms with Crippen LogP contribution in [-0.2, 0) is 0 Å². The SMILES string of the molecule is O=[N+]([O-])c1ccccc1SI. The molecule has 0 atom stereocenters. The topological polar surface area (TPSA) is 43.1 Å². The Morgan fingerprint density at radius 2 is 2.09 bits per heavy atom. The Morgan fingerprint density at radius 3 is 2.55 bits per heavy atom. The Morgan fingerprint density at radius 1 is 1.45 bits per heavy atom. The normalized spacial score (nSPS) is 9.55. The molecule has 0 aliphatic heterocycles. The first kappa shape index (κ1) is 8.79. The summed E-state index contributed by atoms with van der Waals surface area (Å²) in [5.41, 5.74) is 0.173. The number of rotatable bonds is 2. The van der Waals surface area contributed by atoms with Crippen molar-refractivity contribution in [1.29, 1.82) is 0 Å². The van der Waals surface area contributed by atoms with Gasteiger partial charge in [-0.2, -0.15) is 0 Å². The highest BCUT2D eigenvalue weighted by Crippen LogP contribution is 2.32. The van der Waals surface area contributed by atoms with Crippen molar-refractivity contribution in [2.45, 2.75) is 4.90 Å². The van der Waals surface area contributed by atoms with E-state index >= 15 is 0 Å². The number of nitro groups is 1. The summed E-state index contributed by atoms with van der Waals surface area (Å²) in [5, 5.41) is 10.4. The molecule has 5 heteroatoms. The number of benzene rings is 1. The first-order chi connectivity index (χ1) is 5.25. The fraction of sp³-hybridized carbons (Fsp3) is 0. The van der Waals surface area contributed by atoms with Crippen molar-refractivity contribution < 1.29 is 4.92 Å². The fourth-order valence-corrected chi connectivity index (χ4v) is 2.14. The van der Waals surface area contributed by atoms with Crippen LogP contribution in [0.2, 0.25) is 0 Å². The quantitative estimate of drug-likeness (QED) is 0.475. The lowest BCUT2D eigenvalue weighted by molar-refractivity contribution is -0.387. The van der Waals surface area contributed by atoms with Gasteiger partial charge in [-0.25, -0.2) is 0 Å². The lowest BCUT2D eigenvalue weighted by Crippen LogP contribution is -1.88. The molecule has 0 N–H and O–H groups in total. The van der Waals surface area contributed by atoms with Gasteiger partial charge >= 0.3 is 0 Å². The molecule has 1 aromatic rings. The minimum atomic E-state index is -0.374. The first-order valence-electron chi connectivity index (χ1n) is 2.77. The van der Waals surface area contributed by atoms with Crippen LogP contribution in [0.4, 0.5) is 5.69 Å². The van der Waals surface area contributed by atoms with Gasteiger partial charge in [-0.05, 0) is 15.0 Å².